The average Bonchev–Trinajstić information content (AvgIpc) is 2.30. The van der Waals surface area contributed by atoms with Crippen LogP contribution in [0.15, 0.2) is 12.7 Å². The molecule has 0 heterocycles. The van der Waals surface area contributed by atoms with Gasteiger partial charge in [-0.25, -0.2) is 0 Å². The van der Waals surface area contributed by atoms with Gasteiger partial charge in [0.05, 0.1) is 13.2 Å². The third-order valence-corrected chi connectivity index (χ3v) is 2.15. The molecule has 0 saturated carbocycles. The smallest absolute Gasteiger partial charge is 0.242 e. The van der Waals surface area contributed by atoms with Crippen LogP contribution in [0.3, 0.4) is 0 Å². The molecule has 92 valence electrons. The van der Waals surface area contributed by atoms with Crippen molar-refractivity contribution in [1.82, 2.24) is 9.80 Å². The van der Waals surface area contributed by atoms with Crippen LogP contribution in [-0.2, 0) is 14.3 Å². The summed E-state index contributed by atoms with van der Waals surface area (Å²) in [5, 5.41) is 0. The van der Waals surface area contributed by atoms with Crippen molar-refractivity contribution >= 4 is 12.3 Å². The molecular weight excluding hydrogens is 208 g/mol. The van der Waals surface area contributed by atoms with Crippen molar-refractivity contribution in [1.29, 1.82) is 0 Å². The second kappa shape index (κ2) is 8.91. The normalized spacial score (nSPS) is 9.62. The van der Waals surface area contributed by atoms with E-state index in [0.717, 1.165) is 0 Å². The fraction of sp³-hybridized carbons (Fsp3) is 0.636. The van der Waals surface area contributed by atoms with Crippen molar-refractivity contribution in [2.24, 2.45) is 0 Å². The maximum atomic E-state index is 11.7. The number of carbonyl (C=O) groups excluding carboxylic acids is 2. The Morgan fingerprint density at radius 1 is 1.50 bits per heavy atom. The number of nitrogens with zero attached hydrogens (tertiary/aromatic N) is 2. The van der Waals surface area contributed by atoms with E-state index in [4.69, 9.17) is 4.74 Å². The van der Waals surface area contributed by atoms with Crippen molar-refractivity contribution in [2.45, 2.75) is 6.92 Å². The van der Waals surface area contributed by atoms with Gasteiger partial charge in [-0.2, -0.15) is 0 Å². The Bertz CT molecular complexity index is 231. The van der Waals surface area contributed by atoms with Crippen molar-refractivity contribution in [3.05, 3.63) is 12.7 Å². The van der Waals surface area contributed by atoms with E-state index in [9.17, 15) is 9.59 Å². The highest BCUT2D eigenvalue weighted by Gasteiger charge is 2.13. The highest BCUT2D eigenvalue weighted by molar-refractivity contribution is 5.80. The lowest BCUT2D eigenvalue weighted by atomic mass is 10.4. The summed E-state index contributed by atoms with van der Waals surface area (Å²) in [4.78, 5) is 25.5. The van der Waals surface area contributed by atoms with Crippen LogP contribution in [0.5, 0.6) is 0 Å². The minimum absolute atomic E-state index is 0.0781. The zero-order valence-corrected chi connectivity index (χ0v) is 10.0. The van der Waals surface area contributed by atoms with E-state index in [1.807, 2.05) is 6.92 Å². The molecule has 0 aliphatic carbocycles. The molecule has 0 fully saturated rings. The van der Waals surface area contributed by atoms with Crippen LogP contribution in [0.4, 0.5) is 0 Å². The molecule has 0 saturated heterocycles. The first-order chi connectivity index (χ1) is 7.69. The average molecular weight is 228 g/mol. The molecule has 0 rings (SSSR count). The van der Waals surface area contributed by atoms with E-state index >= 15 is 0 Å². The van der Waals surface area contributed by atoms with Crippen molar-refractivity contribution in [3.63, 3.8) is 0 Å². The van der Waals surface area contributed by atoms with Crippen LogP contribution in [0.2, 0.25) is 0 Å². The monoisotopic (exact) mass is 228 g/mol. The first-order valence-corrected chi connectivity index (χ1v) is 5.26. The predicted octanol–water partition coefficient (Wildman–Crippen LogP) is 0.126. The molecule has 0 aliphatic heterocycles. The van der Waals surface area contributed by atoms with E-state index in [0.29, 0.717) is 32.7 Å². The maximum absolute atomic E-state index is 11.7. The number of ether oxygens (including phenoxy) is 1. The van der Waals surface area contributed by atoms with E-state index in [-0.39, 0.29) is 12.5 Å². The maximum Gasteiger partial charge on any atom is 0.242 e. The third kappa shape index (κ3) is 5.50. The number of rotatable bonds is 9. The van der Waals surface area contributed by atoms with Gasteiger partial charge in [0.2, 0.25) is 12.3 Å². The molecule has 5 nitrogen and oxygen atoms in total. The zero-order valence-electron chi connectivity index (χ0n) is 10.0. The summed E-state index contributed by atoms with van der Waals surface area (Å²) < 4.78 is 4.85. The van der Waals surface area contributed by atoms with Crippen LogP contribution < -0.4 is 0 Å². The van der Waals surface area contributed by atoms with Gasteiger partial charge >= 0.3 is 0 Å². The molecule has 0 N–H and O–H groups in total. The van der Waals surface area contributed by atoms with Gasteiger partial charge in [-0.1, -0.05) is 6.08 Å². The van der Waals surface area contributed by atoms with E-state index < -0.39 is 0 Å². The molecule has 0 aliphatic rings. The van der Waals surface area contributed by atoms with Gasteiger partial charge in [-0.05, 0) is 6.92 Å². The fourth-order valence-electron chi connectivity index (χ4n) is 1.21. The van der Waals surface area contributed by atoms with Crippen LogP contribution in [0.25, 0.3) is 0 Å². The van der Waals surface area contributed by atoms with Crippen LogP contribution in [0.1, 0.15) is 6.92 Å². The molecule has 0 radical (unpaired) electrons. The fourth-order valence-corrected chi connectivity index (χ4v) is 1.21. The van der Waals surface area contributed by atoms with E-state index in [2.05, 4.69) is 6.58 Å². The molecule has 2 amide bonds. The summed E-state index contributed by atoms with van der Waals surface area (Å²) in [7, 11) is 1.56. The quantitative estimate of drug-likeness (QED) is 0.416. The predicted molar refractivity (Wildman–Crippen MR) is 62.0 cm³/mol. The number of hydrogen-bond donors (Lipinski definition) is 0. The Morgan fingerprint density at radius 3 is 2.62 bits per heavy atom. The van der Waals surface area contributed by atoms with E-state index in [1.54, 1.807) is 18.1 Å². The van der Waals surface area contributed by atoms with Crippen molar-refractivity contribution < 1.29 is 14.3 Å². The molecule has 0 aromatic heterocycles. The molecule has 0 spiro atoms. The largest absolute Gasteiger partial charge is 0.383 e. The summed E-state index contributed by atoms with van der Waals surface area (Å²) in [6.45, 7) is 7.54. The number of hydrogen-bond acceptors (Lipinski definition) is 3. The minimum Gasteiger partial charge on any atom is -0.383 e. The second-order valence-electron chi connectivity index (χ2n) is 3.29. The Kier molecular flexibility index (Phi) is 8.15. The standard InChI is InChI=1S/C11H20N2O3/c1-4-6-13(5-2)11(15)9-12(10-14)7-8-16-3/h4,10H,1,5-9H2,2-3H3. The summed E-state index contributed by atoms with van der Waals surface area (Å²) >= 11 is 0. The summed E-state index contributed by atoms with van der Waals surface area (Å²) in [6.07, 6.45) is 2.33. The Labute approximate surface area is 96.7 Å². The zero-order chi connectivity index (χ0) is 12.4. The van der Waals surface area contributed by atoms with Gasteiger partial charge in [-0.15, -0.1) is 6.58 Å². The van der Waals surface area contributed by atoms with Gasteiger partial charge in [0, 0.05) is 26.7 Å². The second-order valence-corrected chi connectivity index (χ2v) is 3.29. The third-order valence-electron chi connectivity index (χ3n) is 2.15. The van der Waals surface area contributed by atoms with Gasteiger partial charge in [-0.3, -0.25) is 9.59 Å². The number of amides is 2. The van der Waals surface area contributed by atoms with Crippen molar-refractivity contribution in [2.75, 3.05) is 39.9 Å². The van der Waals surface area contributed by atoms with Gasteiger partial charge in [0.25, 0.3) is 0 Å². The number of methoxy groups -OCH3 is 1. The minimum atomic E-state index is -0.0781. The number of carbonyl (C=O) groups is 2. The number of likely N-dealkylation sites (N-methyl/N-ethyl adjacent to an activating group) is 1. The highest BCUT2D eigenvalue weighted by atomic mass is 16.5. The van der Waals surface area contributed by atoms with E-state index in [1.165, 1.54) is 4.90 Å². The van der Waals surface area contributed by atoms with Gasteiger partial charge in [0.1, 0.15) is 0 Å². The Hall–Kier alpha value is -1.36. The van der Waals surface area contributed by atoms with Crippen LogP contribution >= 0.6 is 0 Å². The van der Waals surface area contributed by atoms with Crippen LogP contribution in [0, 0.1) is 0 Å². The molecule has 0 aromatic rings. The van der Waals surface area contributed by atoms with Crippen LogP contribution in [-0.4, -0.2) is 62.0 Å². The van der Waals surface area contributed by atoms with Crippen molar-refractivity contribution in [3.8, 4) is 0 Å². The Morgan fingerprint density at radius 2 is 2.19 bits per heavy atom. The lowest BCUT2D eigenvalue weighted by Gasteiger charge is -2.23. The summed E-state index contributed by atoms with van der Waals surface area (Å²) in [5.74, 6) is -0.0781. The highest BCUT2D eigenvalue weighted by Crippen LogP contribution is 1.93. The Balaban J connectivity index is 4.15. The molecule has 5 heteroatoms. The topological polar surface area (TPSA) is 49.9 Å². The first kappa shape index (κ1) is 14.6. The molecule has 0 bridgehead atoms. The molecule has 0 atom stereocenters. The molecule has 0 aromatic carbocycles. The lowest BCUT2D eigenvalue weighted by molar-refractivity contribution is -0.135. The molecular formula is C11H20N2O3. The summed E-state index contributed by atoms with van der Waals surface area (Å²) in [6, 6.07) is 0. The lowest BCUT2D eigenvalue weighted by Crippen LogP contribution is -2.40. The molecule has 16 heavy (non-hydrogen) atoms. The van der Waals surface area contributed by atoms with Gasteiger partial charge in [0.15, 0.2) is 0 Å². The SMILES string of the molecule is C=CCN(CC)C(=O)CN(C=O)CCOC. The molecule has 0 unspecified atom stereocenters. The summed E-state index contributed by atoms with van der Waals surface area (Å²) in [5.41, 5.74) is 0. The first-order valence-electron chi connectivity index (χ1n) is 5.26. The van der Waals surface area contributed by atoms with Gasteiger partial charge < -0.3 is 14.5 Å².